The van der Waals surface area contributed by atoms with Crippen LogP contribution in [-0.4, -0.2) is 46.6 Å². The standard InChI is InChI=1S/C20H29FN6S/c1-22-20(23-12-5-15-28-17-9-7-16(21)8-10-17)24-13-11-19-26-25-18-6-3-2-4-14-27(18)19/h7-10H,2-6,11-15H2,1H3,(H2,22,23,24). The van der Waals surface area contributed by atoms with Gasteiger partial charge in [-0.15, -0.1) is 22.0 Å². The molecule has 0 saturated carbocycles. The summed E-state index contributed by atoms with van der Waals surface area (Å²) >= 11 is 1.73. The minimum Gasteiger partial charge on any atom is -0.356 e. The molecule has 28 heavy (non-hydrogen) atoms. The molecule has 6 nitrogen and oxygen atoms in total. The van der Waals surface area contributed by atoms with Crippen molar-refractivity contribution in [2.24, 2.45) is 4.99 Å². The van der Waals surface area contributed by atoms with Crippen molar-refractivity contribution >= 4 is 17.7 Å². The summed E-state index contributed by atoms with van der Waals surface area (Å²) in [6.07, 6.45) is 6.59. The molecule has 0 aliphatic carbocycles. The van der Waals surface area contributed by atoms with E-state index in [9.17, 15) is 4.39 Å². The van der Waals surface area contributed by atoms with Crippen molar-refractivity contribution in [2.75, 3.05) is 25.9 Å². The van der Waals surface area contributed by atoms with E-state index in [2.05, 4.69) is 30.4 Å². The van der Waals surface area contributed by atoms with Crippen molar-refractivity contribution in [3.63, 3.8) is 0 Å². The van der Waals surface area contributed by atoms with E-state index >= 15 is 0 Å². The molecule has 3 rings (SSSR count). The molecule has 1 aromatic heterocycles. The van der Waals surface area contributed by atoms with Gasteiger partial charge in [-0.3, -0.25) is 4.99 Å². The van der Waals surface area contributed by atoms with Crippen LogP contribution in [0.3, 0.4) is 0 Å². The molecule has 1 aromatic carbocycles. The predicted octanol–water partition coefficient (Wildman–Crippen LogP) is 3.03. The molecule has 2 heterocycles. The van der Waals surface area contributed by atoms with E-state index in [0.29, 0.717) is 0 Å². The fourth-order valence-electron chi connectivity index (χ4n) is 3.24. The highest BCUT2D eigenvalue weighted by Crippen LogP contribution is 2.18. The third-order valence-electron chi connectivity index (χ3n) is 4.75. The summed E-state index contributed by atoms with van der Waals surface area (Å²) in [5.41, 5.74) is 0. The lowest BCUT2D eigenvalue weighted by Crippen LogP contribution is -2.39. The number of thioether (sulfide) groups is 1. The fourth-order valence-corrected chi connectivity index (χ4v) is 4.10. The molecule has 0 unspecified atom stereocenters. The Kier molecular flexibility index (Phi) is 8.14. The minimum atomic E-state index is -0.192. The van der Waals surface area contributed by atoms with Gasteiger partial charge in [-0.25, -0.2) is 4.39 Å². The second-order valence-electron chi connectivity index (χ2n) is 6.83. The molecule has 0 bridgehead atoms. The molecule has 0 atom stereocenters. The third kappa shape index (κ3) is 6.22. The molecule has 0 spiro atoms. The van der Waals surface area contributed by atoms with Gasteiger partial charge in [0.25, 0.3) is 0 Å². The average Bonchev–Trinajstić information content (AvgIpc) is 2.94. The molecule has 1 aliphatic heterocycles. The summed E-state index contributed by atoms with van der Waals surface area (Å²) in [6.45, 7) is 2.66. The molecule has 0 saturated heterocycles. The van der Waals surface area contributed by atoms with Gasteiger partial charge in [0.05, 0.1) is 0 Å². The highest BCUT2D eigenvalue weighted by molar-refractivity contribution is 7.99. The largest absolute Gasteiger partial charge is 0.356 e. The molecular formula is C20H29FN6S. The van der Waals surface area contributed by atoms with E-state index < -0.39 is 0 Å². The molecule has 1 aliphatic rings. The van der Waals surface area contributed by atoms with Crippen LogP contribution in [0, 0.1) is 5.82 Å². The number of benzene rings is 1. The first-order chi connectivity index (χ1) is 13.8. The van der Waals surface area contributed by atoms with Crippen LogP contribution in [0.1, 0.15) is 37.3 Å². The van der Waals surface area contributed by atoms with Crippen molar-refractivity contribution in [1.82, 2.24) is 25.4 Å². The van der Waals surface area contributed by atoms with Crippen LogP contribution in [0.25, 0.3) is 0 Å². The van der Waals surface area contributed by atoms with Crippen molar-refractivity contribution < 1.29 is 4.39 Å². The van der Waals surface area contributed by atoms with Gasteiger partial charge in [0.2, 0.25) is 0 Å². The van der Waals surface area contributed by atoms with E-state index in [1.54, 1.807) is 18.8 Å². The average molecular weight is 405 g/mol. The first-order valence-corrected chi connectivity index (χ1v) is 11.0. The molecule has 152 valence electrons. The summed E-state index contributed by atoms with van der Waals surface area (Å²) in [5.74, 6) is 3.79. The number of nitrogens with zero attached hydrogens (tertiary/aromatic N) is 4. The van der Waals surface area contributed by atoms with Crippen molar-refractivity contribution in [3.05, 3.63) is 41.7 Å². The zero-order valence-corrected chi connectivity index (χ0v) is 17.3. The number of aryl methyl sites for hydroxylation is 1. The van der Waals surface area contributed by atoms with Crippen LogP contribution >= 0.6 is 11.8 Å². The van der Waals surface area contributed by atoms with Crippen molar-refractivity contribution in [1.29, 1.82) is 0 Å². The topological polar surface area (TPSA) is 67.1 Å². The lowest BCUT2D eigenvalue weighted by Gasteiger charge is -2.12. The van der Waals surface area contributed by atoms with Gasteiger partial charge in [-0.1, -0.05) is 6.42 Å². The Hall–Kier alpha value is -2.09. The van der Waals surface area contributed by atoms with E-state index in [1.807, 2.05) is 12.1 Å². The van der Waals surface area contributed by atoms with E-state index in [0.717, 1.165) is 67.2 Å². The van der Waals surface area contributed by atoms with Crippen LogP contribution in [0.5, 0.6) is 0 Å². The van der Waals surface area contributed by atoms with Crippen LogP contribution in [0.4, 0.5) is 4.39 Å². The maximum Gasteiger partial charge on any atom is 0.190 e. The molecule has 2 aromatic rings. The summed E-state index contributed by atoms with van der Waals surface area (Å²) in [5, 5.41) is 15.4. The number of guanidine groups is 1. The van der Waals surface area contributed by atoms with Crippen LogP contribution in [0.2, 0.25) is 0 Å². The lowest BCUT2D eigenvalue weighted by atomic mass is 10.2. The van der Waals surface area contributed by atoms with Gasteiger partial charge < -0.3 is 15.2 Å². The highest BCUT2D eigenvalue weighted by Gasteiger charge is 2.14. The Bertz CT molecular complexity index is 759. The second kappa shape index (κ2) is 11.0. The number of fused-ring (bicyclic) bond motifs is 1. The quantitative estimate of drug-likeness (QED) is 0.306. The summed E-state index contributed by atoms with van der Waals surface area (Å²) < 4.78 is 15.2. The van der Waals surface area contributed by atoms with E-state index in [1.165, 1.54) is 31.4 Å². The molecule has 8 heteroatoms. The summed E-state index contributed by atoms with van der Waals surface area (Å²) in [7, 11) is 1.78. The van der Waals surface area contributed by atoms with Gasteiger partial charge in [0.15, 0.2) is 5.96 Å². The van der Waals surface area contributed by atoms with E-state index in [-0.39, 0.29) is 5.82 Å². The van der Waals surface area contributed by atoms with Gasteiger partial charge in [0.1, 0.15) is 17.5 Å². The molecule has 2 N–H and O–H groups in total. The number of hydrogen-bond donors (Lipinski definition) is 2. The number of hydrogen-bond acceptors (Lipinski definition) is 4. The molecule has 0 amide bonds. The molecule has 0 fully saturated rings. The second-order valence-corrected chi connectivity index (χ2v) is 7.99. The van der Waals surface area contributed by atoms with Gasteiger partial charge >= 0.3 is 0 Å². The Balaban J connectivity index is 1.32. The number of halogens is 1. The first-order valence-electron chi connectivity index (χ1n) is 10.00. The van der Waals surface area contributed by atoms with Crippen LogP contribution < -0.4 is 10.6 Å². The Labute approximate surface area is 170 Å². The van der Waals surface area contributed by atoms with Crippen LogP contribution in [-0.2, 0) is 19.4 Å². The third-order valence-corrected chi connectivity index (χ3v) is 5.84. The van der Waals surface area contributed by atoms with Crippen molar-refractivity contribution in [3.8, 4) is 0 Å². The molecular weight excluding hydrogens is 375 g/mol. The van der Waals surface area contributed by atoms with Crippen molar-refractivity contribution in [2.45, 2.75) is 50.0 Å². The zero-order chi connectivity index (χ0) is 19.6. The van der Waals surface area contributed by atoms with Gasteiger partial charge in [0, 0.05) is 44.4 Å². The smallest absolute Gasteiger partial charge is 0.190 e. The Morgan fingerprint density at radius 3 is 2.79 bits per heavy atom. The Morgan fingerprint density at radius 1 is 1.14 bits per heavy atom. The molecule has 0 radical (unpaired) electrons. The van der Waals surface area contributed by atoms with Crippen LogP contribution in [0.15, 0.2) is 34.2 Å². The first kappa shape index (κ1) is 20.6. The Morgan fingerprint density at radius 2 is 1.96 bits per heavy atom. The van der Waals surface area contributed by atoms with E-state index in [4.69, 9.17) is 0 Å². The maximum atomic E-state index is 12.9. The van der Waals surface area contributed by atoms with Gasteiger partial charge in [-0.2, -0.15) is 0 Å². The monoisotopic (exact) mass is 404 g/mol. The summed E-state index contributed by atoms with van der Waals surface area (Å²) in [4.78, 5) is 5.37. The number of rotatable bonds is 8. The number of aliphatic imine (C=N–C) groups is 1. The number of aromatic nitrogens is 3. The predicted molar refractivity (Wildman–Crippen MR) is 112 cm³/mol. The normalized spacial score (nSPS) is 14.4. The maximum absolute atomic E-state index is 12.9. The lowest BCUT2D eigenvalue weighted by molar-refractivity contribution is 0.600. The van der Waals surface area contributed by atoms with Gasteiger partial charge in [-0.05, 0) is 49.3 Å². The SMILES string of the molecule is CN=C(NCCCSc1ccc(F)cc1)NCCc1nnc2n1CCCCC2. The minimum absolute atomic E-state index is 0.192. The highest BCUT2D eigenvalue weighted by atomic mass is 32.2. The zero-order valence-electron chi connectivity index (χ0n) is 16.5. The fraction of sp³-hybridized carbons (Fsp3) is 0.550. The number of nitrogens with one attached hydrogen (secondary N) is 2. The summed E-state index contributed by atoms with van der Waals surface area (Å²) in [6, 6.07) is 6.64.